The highest BCUT2D eigenvalue weighted by Crippen LogP contribution is 2.35. The highest BCUT2D eigenvalue weighted by Gasteiger charge is 2.47. The zero-order valence-corrected chi connectivity index (χ0v) is 18.3. The molecule has 1 aromatic heterocycles. The van der Waals surface area contributed by atoms with Gasteiger partial charge in [0.15, 0.2) is 12.3 Å². The molecule has 3 rings (SSSR count). The normalized spacial score (nSPS) is 22.5. The number of aromatic nitrogens is 2. The fourth-order valence-corrected chi connectivity index (χ4v) is 3.67. The third kappa shape index (κ3) is 5.56. The summed E-state index contributed by atoms with van der Waals surface area (Å²) in [4.78, 5) is 50.9. The van der Waals surface area contributed by atoms with Crippen molar-refractivity contribution in [3.05, 3.63) is 58.6 Å². The molecule has 1 aliphatic rings. The van der Waals surface area contributed by atoms with E-state index in [9.17, 15) is 19.2 Å². The molecule has 4 atom stereocenters. The van der Waals surface area contributed by atoms with Crippen molar-refractivity contribution in [2.45, 2.75) is 37.1 Å². The van der Waals surface area contributed by atoms with E-state index >= 15 is 0 Å². The number of hydrogen-bond acceptors (Lipinski definition) is 8. The number of nitrogens with one attached hydrogen (secondary N) is 1. The van der Waals surface area contributed by atoms with Crippen LogP contribution < -0.4 is 11.0 Å². The molecular formula is C20H20BrN3O7. The van der Waals surface area contributed by atoms with Crippen molar-refractivity contribution in [1.82, 2.24) is 9.55 Å². The van der Waals surface area contributed by atoms with E-state index in [-0.39, 0.29) is 12.4 Å². The number of rotatable bonds is 6. The topological polar surface area (TPSA) is 126 Å². The first-order valence-electron chi connectivity index (χ1n) is 9.32. The van der Waals surface area contributed by atoms with E-state index in [1.54, 1.807) is 30.3 Å². The second-order valence-corrected chi connectivity index (χ2v) is 7.77. The summed E-state index contributed by atoms with van der Waals surface area (Å²) in [6, 6.07) is 9.91. The zero-order chi connectivity index (χ0) is 22.5. The van der Waals surface area contributed by atoms with Crippen molar-refractivity contribution < 1.29 is 28.6 Å². The van der Waals surface area contributed by atoms with Crippen LogP contribution in [0.2, 0.25) is 0 Å². The Bertz CT molecular complexity index is 1030. The minimum atomic E-state index is -1.01. The molecule has 1 fully saturated rings. The minimum Gasteiger partial charge on any atom is -0.463 e. The number of halogens is 1. The molecule has 1 saturated heterocycles. The molecule has 31 heavy (non-hydrogen) atoms. The molecule has 1 amide bonds. The van der Waals surface area contributed by atoms with E-state index < -0.39 is 46.8 Å². The van der Waals surface area contributed by atoms with Gasteiger partial charge in [0.1, 0.15) is 18.5 Å². The fourth-order valence-electron chi connectivity index (χ4n) is 3.02. The molecule has 2 heterocycles. The molecule has 1 N–H and O–H groups in total. The Balaban J connectivity index is 1.80. The van der Waals surface area contributed by atoms with E-state index in [0.29, 0.717) is 5.56 Å². The van der Waals surface area contributed by atoms with Crippen molar-refractivity contribution in [2.24, 2.45) is 0 Å². The molecule has 11 heteroatoms. The lowest BCUT2D eigenvalue weighted by molar-refractivity contribution is -0.153. The van der Waals surface area contributed by atoms with Crippen molar-refractivity contribution in [2.75, 3.05) is 11.9 Å². The number of carbonyl (C=O) groups excluding carboxylic acids is 3. The van der Waals surface area contributed by atoms with Gasteiger partial charge in [-0.05, 0) is 18.2 Å². The molecule has 0 radical (unpaired) electrons. The quantitative estimate of drug-likeness (QED) is 0.475. The Kier molecular flexibility index (Phi) is 7.18. The zero-order valence-electron chi connectivity index (χ0n) is 16.7. The first kappa shape index (κ1) is 22.6. The third-order valence-electron chi connectivity index (χ3n) is 4.40. The van der Waals surface area contributed by atoms with Gasteiger partial charge < -0.3 is 19.5 Å². The maximum Gasteiger partial charge on any atom is 0.351 e. The third-order valence-corrected chi connectivity index (χ3v) is 5.51. The first-order chi connectivity index (χ1) is 14.8. The molecule has 10 nitrogen and oxygen atoms in total. The second-order valence-electron chi connectivity index (χ2n) is 6.71. The summed E-state index contributed by atoms with van der Waals surface area (Å²) in [6.07, 6.45) is -1.16. The number of nitrogens with zero attached hydrogens (tertiary/aromatic N) is 2. The fraction of sp³-hybridized carbons (Fsp3) is 0.350. The number of carbonyl (C=O) groups is 3. The van der Waals surface area contributed by atoms with Gasteiger partial charge in [-0.25, -0.2) is 4.79 Å². The first-order valence-corrected chi connectivity index (χ1v) is 10.2. The Morgan fingerprint density at radius 3 is 2.48 bits per heavy atom. The molecule has 0 unspecified atom stereocenters. The van der Waals surface area contributed by atoms with Gasteiger partial charge in [0.05, 0.1) is 4.83 Å². The average molecular weight is 494 g/mol. The second kappa shape index (κ2) is 9.84. The van der Waals surface area contributed by atoms with Gasteiger partial charge in [-0.1, -0.05) is 34.1 Å². The van der Waals surface area contributed by atoms with Crippen LogP contribution in [0.5, 0.6) is 0 Å². The van der Waals surface area contributed by atoms with Crippen molar-refractivity contribution in [3.63, 3.8) is 0 Å². The number of benzene rings is 1. The standard InChI is InChI=1S/C20H20BrN3O7/c1-11(25)29-10-14-16(21)17(30-12(2)26)19(31-14)24-9-8-15(23-20(24)28)22-18(27)13-6-4-3-5-7-13/h3-9,14,16-17,19H,10H2,1-2H3,(H,22,23,27,28)/t14-,16+,17-,19-/m1/s1. The van der Waals surface area contributed by atoms with E-state index in [1.807, 2.05) is 0 Å². The van der Waals surface area contributed by atoms with Gasteiger partial charge >= 0.3 is 17.6 Å². The van der Waals surface area contributed by atoms with Crippen LogP contribution in [0.4, 0.5) is 5.82 Å². The highest BCUT2D eigenvalue weighted by molar-refractivity contribution is 9.09. The number of anilines is 1. The summed E-state index contributed by atoms with van der Waals surface area (Å²) < 4.78 is 17.3. The summed E-state index contributed by atoms with van der Waals surface area (Å²) in [7, 11) is 0. The van der Waals surface area contributed by atoms with Crippen molar-refractivity contribution in [3.8, 4) is 0 Å². The Morgan fingerprint density at radius 2 is 1.87 bits per heavy atom. The van der Waals surface area contributed by atoms with Gasteiger partial charge in [-0.3, -0.25) is 19.0 Å². The van der Waals surface area contributed by atoms with Crippen LogP contribution in [0.15, 0.2) is 47.4 Å². The van der Waals surface area contributed by atoms with Gasteiger partial charge in [0.2, 0.25) is 0 Å². The van der Waals surface area contributed by atoms with E-state index in [4.69, 9.17) is 14.2 Å². The number of alkyl halides is 1. The van der Waals surface area contributed by atoms with E-state index in [2.05, 4.69) is 26.2 Å². The van der Waals surface area contributed by atoms with Gasteiger partial charge in [0, 0.05) is 25.6 Å². The van der Waals surface area contributed by atoms with Crippen LogP contribution in [-0.2, 0) is 23.8 Å². The molecule has 0 saturated carbocycles. The monoisotopic (exact) mass is 493 g/mol. The Morgan fingerprint density at radius 1 is 1.16 bits per heavy atom. The molecule has 1 aromatic carbocycles. The van der Waals surface area contributed by atoms with Crippen LogP contribution in [0.25, 0.3) is 0 Å². The lowest BCUT2D eigenvalue weighted by Gasteiger charge is -2.21. The van der Waals surface area contributed by atoms with Crippen LogP contribution in [0.3, 0.4) is 0 Å². The lowest BCUT2D eigenvalue weighted by atomic mass is 10.2. The highest BCUT2D eigenvalue weighted by atomic mass is 79.9. The number of ether oxygens (including phenoxy) is 3. The largest absolute Gasteiger partial charge is 0.463 e. The number of amides is 1. The Labute approximate surface area is 185 Å². The SMILES string of the molecule is CC(=O)OC[C@H]1O[C@@H](n2ccc(NC(=O)c3ccccc3)nc2=O)[C@H](OC(C)=O)[C@H]1Br. The predicted octanol–water partition coefficient (Wildman–Crippen LogP) is 1.65. The van der Waals surface area contributed by atoms with Crippen LogP contribution in [0.1, 0.15) is 30.4 Å². The summed E-state index contributed by atoms with van der Waals surface area (Å²) in [5.41, 5.74) is -0.307. The number of esters is 2. The molecule has 1 aliphatic heterocycles. The van der Waals surface area contributed by atoms with E-state index in [0.717, 1.165) is 4.57 Å². The summed E-state index contributed by atoms with van der Waals surface area (Å²) in [6.45, 7) is 2.41. The average Bonchev–Trinajstić information content (AvgIpc) is 3.02. The van der Waals surface area contributed by atoms with Crippen LogP contribution in [0, 0.1) is 0 Å². The molecule has 164 valence electrons. The maximum atomic E-state index is 12.6. The van der Waals surface area contributed by atoms with Crippen LogP contribution >= 0.6 is 15.9 Å². The van der Waals surface area contributed by atoms with Gasteiger partial charge in [-0.2, -0.15) is 4.98 Å². The van der Waals surface area contributed by atoms with Crippen molar-refractivity contribution >= 4 is 39.6 Å². The molecule has 2 aromatic rings. The molecule has 0 aliphatic carbocycles. The molecule has 0 spiro atoms. The minimum absolute atomic E-state index is 0.0593. The maximum absolute atomic E-state index is 12.6. The summed E-state index contributed by atoms with van der Waals surface area (Å²) in [5.74, 6) is -1.41. The van der Waals surface area contributed by atoms with Gasteiger partial charge in [0.25, 0.3) is 5.91 Å². The summed E-state index contributed by atoms with van der Waals surface area (Å²) >= 11 is 3.40. The van der Waals surface area contributed by atoms with Crippen LogP contribution in [-0.4, -0.2) is 51.0 Å². The predicted molar refractivity (Wildman–Crippen MR) is 112 cm³/mol. The summed E-state index contributed by atoms with van der Waals surface area (Å²) in [5, 5.41) is 2.55. The number of hydrogen-bond donors (Lipinski definition) is 1. The van der Waals surface area contributed by atoms with Crippen molar-refractivity contribution in [1.29, 1.82) is 0 Å². The molecular weight excluding hydrogens is 474 g/mol. The molecule has 0 bridgehead atoms. The van der Waals surface area contributed by atoms with Gasteiger partial charge in [-0.15, -0.1) is 0 Å². The van der Waals surface area contributed by atoms with E-state index in [1.165, 1.54) is 26.1 Å². The lowest BCUT2D eigenvalue weighted by Crippen LogP contribution is -2.37. The smallest absolute Gasteiger partial charge is 0.351 e. The Hall–Kier alpha value is -3.05.